The fourth-order valence-electron chi connectivity index (χ4n) is 5.27. The summed E-state index contributed by atoms with van der Waals surface area (Å²) >= 11 is 0. The van der Waals surface area contributed by atoms with E-state index >= 15 is 0 Å². The van der Waals surface area contributed by atoms with E-state index in [0.29, 0.717) is 30.5 Å². The van der Waals surface area contributed by atoms with Gasteiger partial charge in [-0.2, -0.15) is 18.4 Å². The predicted octanol–water partition coefficient (Wildman–Crippen LogP) is 4.57. The van der Waals surface area contributed by atoms with Crippen molar-refractivity contribution in [2.75, 3.05) is 12.0 Å². The number of aromatic amines is 1. The van der Waals surface area contributed by atoms with Crippen molar-refractivity contribution < 1.29 is 27.3 Å². The second-order valence-electron chi connectivity index (χ2n) is 9.72. The average molecular weight is 576 g/mol. The first-order valence-corrected chi connectivity index (χ1v) is 13.0. The number of alkyl halides is 3. The number of carbonyl (C=O) groups excluding carboxylic acids is 1. The summed E-state index contributed by atoms with van der Waals surface area (Å²) in [5, 5.41) is 16.1. The van der Waals surface area contributed by atoms with Crippen molar-refractivity contribution in [3.05, 3.63) is 117 Å². The summed E-state index contributed by atoms with van der Waals surface area (Å²) in [5.74, 6) is -0.756. The number of halogens is 3. The summed E-state index contributed by atoms with van der Waals surface area (Å²) in [6.07, 6.45) is 0.459. The minimum atomic E-state index is -4.61. The molecule has 1 N–H and O–H groups in total. The molecule has 1 atom stereocenters. The Bertz CT molecular complexity index is 1770. The number of aromatic nitrogens is 4. The molecule has 5 rings (SSSR count). The monoisotopic (exact) mass is 575 g/mol. The van der Waals surface area contributed by atoms with Gasteiger partial charge in [0.15, 0.2) is 12.4 Å². The maximum atomic E-state index is 13.6. The van der Waals surface area contributed by atoms with Crippen LogP contribution in [0.2, 0.25) is 0 Å². The zero-order valence-corrected chi connectivity index (χ0v) is 22.7. The van der Waals surface area contributed by atoms with Crippen LogP contribution in [0, 0.1) is 11.3 Å². The van der Waals surface area contributed by atoms with E-state index in [9.17, 15) is 28.0 Å². The van der Waals surface area contributed by atoms with Crippen LogP contribution in [0.1, 0.15) is 41.6 Å². The third-order valence-electron chi connectivity index (χ3n) is 7.19. The molecule has 3 heterocycles. The molecule has 12 heteroatoms. The van der Waals surface area contributed by atoms with Gasteiger partial charge in [0.1, 0.15) is 12.6 Å². The minimum Gasteiger partial charge on any atom is -0.466 e. The molecule has 0 amide bonds. The molecule has 1 aliphatic rings. The van der Waals surface area contributed by atoms with Gasteiger partial charge < -0.3 is 4.74 Å². The molecule has 214 valence electrons. The number of nitriles is 1. The highest BCUT2D eigenvalue weighted by Crippen LogP contribution is 2.43. The first kappa shape index (κ1) is 28.4. The molecule has 2 aromatic heterocycles. The van der Waals surface area contributed by atoms with Crippen LogP contribution in [0.3, 0.4) is 0 Å². The number of H-pyrrole nitrogens is 1. The molecule has 0 fully saturated rings. The largest absolute Gasteiger partial charge is 0.466 e. The van der Waals surface area contributed by atoms with E-state index in [2.05, 4.69) is 16.3 Å². The number of nitrogens with one attached hydrogen (secondary N) is 1. The van der Waals surface area contributed by atoms with Gasteiger partial charge in [-0.05, 0) is 54.8 Å². The Morgan fingerprint density at radius 2 is 1.90 bits per heavy atom. The number of carbonyl (C=O) groups is 1. The van der Waals surface area contributed by atoms with Gasteiger partial charge in [-0.1, -0.05) is 18.2 Å². The van der Waals surface area contributed by atoms with Crippen molar-refractivity contribution in [1.82, 2.24) is 14.8 Å². The Morgan fingerprint density at radius 1 is 1.14 bits per heavy atom. The smallest absolute Gasteiger partial charge is 0.416 e. The number of fused-ring (bicyclic) bond motifs is 1. The lowest BCUT2D eigenvalue weighted by Gasteiger charge is -2.36. The lowest BCUT2D eigenvalue weighted by atomic mass is 9.88. The number of allylic oxidation sites excluding steroid dienone is 1. The SMILES string of the molecule is COC(=O)C1=C(C)N(c2cccc(C(F)(F)F)c2)c2n[nH]c(=O)n2C1c1ccc(C#N)cc1CCC[n+]1ccccc1. The first-order chi connectivity index (χ1) is 20.1. The number of hydrogen-bond donors (Lipinski definition) is 1. The molecule has 0 radical (unpaired) electrons. The van der Waals surface area contributed by atoms with Crippen LogP contribution in [0.5, 0.6) is 0 Å². The lowest BCUT2D eigenvalue weighted by Crippen LogP contribution is -2.38. The van der Waals surface area contributed by atoms with E-state index in [4.69, 9.17) is 4.74 Å². The maximum absolute atomic E-state index is 13.6. The van der Waals surface area contributed by atoms with E-state index in [-0.39, 0.29) is 22.9 Å². The number of rotatable bonds is 7. The number of methoxy groups -OCH3 is 1. The molecule has 9 nitrogen and oxygen atoms in total. The highest BCUT2D eigenvalue weighted by molar-refractivity contribution is 5.93. The third kappa shape index (κ3) is 5.28. The molecule has 2 aromatic carbocycles. The van der Waals surface area contributed by atoms with Crippen LogP contribution in [0.15, 0.2) is 89.1 Å². The van der Waals surface area contributed by atoms with Crippen LogP contribution in [-0.2, 0) is 28.7 Å². The van der Waals surface area contributed by atoms with Crippen molar-refractivity contribution >= 4 is 17.6 Å². The standard InChI is InChI=1S/C30H25F3N6O3/c1-19-25(27(40)42-2)26(24-12-11-20(18-34)16-21(24)8-7-15-37-13-4-3-5-14-37)39-28(35-36-29(39)41)38(19)23-10-6-9-22(17-23)30(31,32)33/h3-6,9-14,16-17,26H,7-8,15H2,1-2H3/p+1. The molecular weight excluding hydrogens is 549 g/mol. The van der Waals surface area contributed by atoms with Crippen LogP contribution in [0.4, 0.5) is 24.8 Å². The molecule has 0 spiro atoms. The third-order valence-corrected chi connectivity index (χ3v) is 7.19. The van der Waals surface area contributed by atoms with Crippen molar-refractivity contribution in [1.29, 1.82) is 5.26 Å². The van der Waals surface area contributed by atoms with Crippen LogP contribution in [0.25, 0.3) is 0 Å². The van der Waals surface area contributed by atoms with Gasteiger partial charge in [0.25, 0.3) is 0 Å². The maximum Gasteiger partial charge on any atom is 0.416 e. The summed E-state index contributed by atoms with van der Waals surface area (Å²) in [4.78, 5) is 27.9. The number of ether oxygens (including phenoxy) is 1. The highest BCUT2D eigenvalue weighted by atomic mass is 19.4. The van der Waals surface area contributed by atoms with E-state index in [1.165, 1.54) is 28.7 Å². The van der Waals surface area contributed by atoms with Crippen LogP contribution >= 0.6 is 0 Å². The van der Waals surface area contributed by atoms with Crippen molar-refractivity contribution in [3.8, 4) is 6.07 Å². The van der Waals surface area contributed by atoms with Crippen molar-refractivity contribution in [2.24, 2.45) is 0 Å². The summed E-state index contributed by atoms with van der Waals surface area (Å²) in [6, 6.07) is 16.4. The predicted molar refractivity (Wildman–Crippen MR) is 145 cm³/mol. The van der Waals surface area contributed by atoms with Gasteiger partial charge in [-0.15, -0.1) is 5.10 Å². The fourth-order valence-corrected chi connectivity index (χ4v) is 5.27. The van der Waals surface area contributed by atoms with Gasteiger partial charge in [0, 0.05) is 29.9 Å². The summed E-state index contributed by atoms with van der Waals surface area (Å²) in [7, 11) is 1.19. The molecule has 0 aliphatic carbocycles. The number of aryl methyl sites for hydroxylation is 2. The number of esters is 1. The first-order valence-electron chi connectivity index (χ1n) is 13.0. The van der Waals surface area contributed by atoms with Crippen molar-refractivity contribution in [2.45, 2.75) is 38.5 Å². The zero-order valence-electron chi connectivity index (χ0n) is 22.7. The van der Waals surface area contributed by atoms with Gasteiger partial charge in [-0.3, -0.25) is 4.90 Å². The fraction of sp³-hybridized carbons (Fsp3) is 0.233. The molecule has 0 saturated carbocycles. The van der Waals surface area contributed by atoms with Gasteiger partial charge in [0.2, 0.25) is 5.95 Å². The Morgan fingerprint density at radius 3 is 2.60 bits per heavy atom. The van der Waals surface area contributed by atoms with Gasteiger partial charge in [0.05, 0.1) is 29.9 Å². The molecule has 4 aromatic rings. The molecule has 0 saturated heterocycles. The highest BCUT2D eigenvalue weighted by Gasteiger charge is 2.41. The number of anilines is 2. The quantitative estimate of drug-likeness (QED) is 0.256. The normalized spacial score (nSPS) is 14.9. The number of pyridine rings is 1. The second kappa shape index (κ2) is 11.4. The number of nitrogens with zero attached hydrogens (tertiary/aromatic N) is 5. The minimum absolute atomic E-state index is 0.00429. The van der Waals surface area contributed by atoms with E-state index < -0.39 is 29.4 Å². The van der Waals surface area contributed by atoms with Gasteiger partial charge >= 0.3 is 17.8 Å². The zero-order chi connectivity index (χ0) is 30.0. The number of hydrogen-bond acceptors (Lipinski definition) is 6. The summed E-state index contributed by atoms with van der Waals surface area (Å²) in [6.45, 7) is 2.25. The van der Waals surface area contributed by atoms with E-state index in [1.807, 2.05) is 35.2 Å². The average Bonchev–Trinajstić information content (AvgIpc) is 3.36. The Labute approximate surface area is 238 Å². The molecular formula is C30H26F3N6O3+. The van der Waals surface area contributed by atoms with Crippen LogP contribution in [-0.4, -0.2) is 27.8 Å². The Balaban J connectivity index is 1.67. The molecule has 42 heavy (non-hydrogen) atoms. The molecule has 1 unspecified atom stereocenters. The topological polar surface area (TPSA) is 108 Å². The van der Waals surface area contributed by atoms with E-state index in [1.54, 1.807) is 25.1 Å². The van der Waals surface area contributed by atoms with Gasteiger partial charge in [-0.25, -0.2) is 23.8 Å². The van der Waals surface area contributed by atoms with E-state index in [0.717, 1.165) is 17.7 Å². The molecule has 0 bridgehead atoms. The Kier molecular flexibility index (Phi) is 7.67. The van der Waals surface area contributed by atoms with Crippen LogP contribution < -0.4 is 15.2 Å². The summed E-state index contributed by atoms with van der Waals surface area (Å²) < 4.78 is 49.1. The number of benzene rings is 2. The lowest BCUT2D eigenvalue weighted by molar-refractivity contribution is -0.697. The summed E-state index contributed by atoms with van der Waals surface area (Å²) in [5.41, 5.74) is 0.490. The second-order valence-corrected chi connectivity index (χ2v) is 9.72. The molecule has 1 aliphatic heterocycles. The van der Waals surface area contributed by atoms with Crippen molar-refractivity contribution in [3.63, 3.8) is 0 Å². The Hall–Kier alpha value is -5.18.